The summed E-state index contributed by atoms with van der Waals surface area (Å²) < 4.78 is 1.22. The molecule has 0 unspecified atom stereocenters. The van der Waals surface area contributed by atoms with Crippen molar-refractivity contribution in [2.24, 2.45) is 0 Å². The van der Waals surface area contributed by atoms with E-state index in [0.29, 0.717) is 6.54 Å². The fraction of sp³-hybridized carbons (Fsp3) is 0.429. The second-order valence-electron chi connectivity index (χ2n) is 2.11. The summed E-state index contributed by atoms with van der Waals surface area (Å²) in [6, 6.07) is 1.39. The average Bonchev–Trinajstić information content (AvgIpc) is 2.58. The third-order valence-corrected chi connectivity index (χ3v) is 1.42. The SMILES string of the molecule is CCN(OC)C(=O)n1cccn1. The number of rotatable bonds is 2. The lowest BCUT2D eigenvalue weighted by Crippen LogP contribution is -2.33. The molecule has 0 fully saturated rings. The second-order valence-corrected chi connectivity index (χ2v) is 2.11. The predicted molar refractivity (Wildman–Crippen MR) is 42.4 cm³/mol. The van der Waals surface area contributed by atoms with Gasteiger partial charge in [0.15, 0.2) is 0 Å². The standard InChI is InChI=1S/C7H11N3O2/c1-3-10(12-2)7(11)9-6-4-5-8-9/h4-6H,3H2,1-2H3. The first kappa shape index (κ1) is 8.73. The molecule has 0 saturated heterocycles. The minimum Gasteiger partial charge on any atom is -0.273 e. The molecule has 0 aliphatic heterocycles. The molecule has 0 spiro atoms. The molecular formula is C7H11N3O2. The zero-order valence-electron chi connectivity index (χ0n) is 7.10. The highest BCUT2D eigenvalue weighted by molar-refractivity contribution is 5.74. The van der Waals surface area contributed by atoms with Gasteiger partial charge in [-0.25, -0.2) is 9.86 Å². The zero-order chi connectivity index (χ0) is 8.97. The van der Waals surface area contributed by atoms with Gasteiger partial charge in [0.2, 0.25) is 0 Å². The number of hydroxylamine groups is 2. The fourth-order valence-electron chi connectivity index (χ4n) is 0.839. The van der Waals surface area contributed by atoms with Gasteiger partial charge < -0.3 is 0 Å². The van der Waals surface area contributed by atoms with Gasteiger partial charge in [0.1, 0.15) is 0 Å². The predicted octanol–water partition coefficient (Wildman–Crippen LogP) is 0.734. The van der Waals surface area contributed by atoms with Crippen LogP contribution in [0, 0.1) is 0 Å². The lowest BCUT2D eigenvalue weighted by molar-refractivity contribution is -0.0827. The molecule has 66 valence electrons. The number of hydrogen-bond acceptors (Lipinski definition) is 3. The molecule has 5 heteroatoms. The first-order chi connectivity index (χ1) is 5.79. The molecule has 0 aliphatic rings. The highest BCUT2D eigenvalue weighted by Crippen LogP contribution is 1.94. The Labute approximate surface area is 70.5 Å². The Bertz CT molecular complexity index is 241. The van der Waals surface area contributed by atoms with Crippen molar-refractivity contribution in [2.75, 3.05) is 13.7 Å². The Morgan fingerprint density at radius 2 is 2.50 bits per heavy atom. The van der Waals surface area contributed by atoms with E-state index in [1.807, 2.05) is 6.92 Å². The Kier molecular flexibility index (Phi) is 2.82. The van der Waals surface area contributed by atoms with Crippen molar-refractivity contribution in [3.8, 4) is 0 Å². The van der Waals surface area contributed by atoms with Gasteiger partial charge in [-0.1, -0.05) is 0 Å². The minimum absolute atomic E-state index is 0.287. The smallest absolute Gasteiger partial charge is 0.273 e. The molecule has 0 N–H and O–H groups in total. The van der Waals surface area contributed by atoms with Crippen LogP contribution in [0.25, 0.3) is 0 Å². The normalized spacial score (nSPS) is 9.83. The van der Waals surface area contributed by atoms with Gasteiger partial charge in [0, 0.05) is 18.9 Å². The molecule has 1 heterocycles. The van der Waals surface area contributed by atoms with Crippen LogP contribution in [-0.2, 0) is 4.84 Å². The summed E-state index contributed by atoms with van der Waals surface area (Å²) in [5.41, 5.74) is 0. The topological polar surface area (TPSA) is 47.4 Å². The van der Waals surface area contributed by atoms with Gasteiger partial charge in [-0.2, -0.15) is 9.78 Å². The lowest BCUT2D eigenvalue weighted by atomic mass is 10.7. The van der Waals surface area contributed by atoms with Crippen molar-refractivity contribution in [1.82, 2.24) is 14.8 Å². The maximum Gasteiger partial charge on any atom is 0.368 e. The summed E-state index contributed by atoms with van der Waals surface area (Å²) >= 11 is 0. The molecule has 1 rings (SSSR count). The Hall–Kier alpha value is -1.36. The quantitative estimate of drug-likeness (QED) is 0.613. The fourth-order valence-corrected chi connectivity index (χ4v) is 0.839. The van der Waals surface area contributed by atoms with Crippen molar-refractivity contribution in [2.45, 2.75) is 6.92 Å². The van der Waals surface area contributed by atoms with E-state index in [-0.39, 0.29) is 6.03 Å². The number of amides is 1. The summed E-state index contributed by atoms with van der Waals surface area (Å²) in [5.74, 6) is 0. The molecule has 5 nitrogen and oxygen atoms in total. The highest BCUT2D eigenvalue weighted by Gasteiger charge is 2.12. The molecule has 1 aromatic rings. The second kappa shape index (κ2) is 3.87. The summed E-state index contributed by atoms with van der Waals surface area (Å²) in [6.45, 7) is 2.32. The van der Waals surface area contributed by atoms with E-state index in [2.05, 4.69) is 5.10 Å². The van der Waals surface area contributed by atoms with Gasteiger partial charge in [-0.15, -0.1) is 0 Å². The molecule has 0 aliphatic carbocycles. The van der Waals surface area contributed by atoms with Crippen molar-refractivity contribution < 1.29 is 9.63 Å². The van der Waals surface area contributed by atoms with E-state index in [1.54, 1.807) is 18.5 Å². The largest absolute Gasteiger partial charge is 0.368 e. The number of hydrogen-bond donors (Lipinski definition) is 0. The third-order valence-electron chi connectivity index (χ3n) is 1.42. The maximum absolute atomic E-state index is 11.4. The number of nitrogens with zero attached hydrogens (tertiary/aromatic N) is 3. The molecule has 0 radical (unpaired) electrons. The van der Waals surface area contributed by atoms with Crippen molar-refractivity contribution >= 4 is 6.03 Å². The van der Waals surface area contributed by atoms with Crippen LogP contribution in [-0.4, -0.2) is 34.5 Å². The summed E-state index contributed by atoms with van der Waals surface area (Å²) in [7, 11) is 1.45. The molecule has 12 heavy (non-hydrogen) atoms. The van der Waals surface area contributed by atoms with E-state index < -0.39 is 0 Å². The van der Waals surface area contributed by atoms with Crippen molar-refractivity contribution in [3.63, 3.8) is 0 Å². The van der Waals surface area contributed by atoms with E-state index in [9.17, 15) is 4.79 Å². The van der Waals surface area contributed by atoms with Crippen LogP contribution in [0.1, 0.15) is 6.92 Å². The zero-order valence-corrected chi connectivity index (χ0v) is 7.10. The molecule has 0 aromatic carbocycles. The molecular weight excluding hydrogens is 158 g/mol. The Morgan fingerprint density at radius 1 is 1.75 bits per heavy atom. The van der Waals surface area contributed by atoms with Crippen LogP contribution >= 0.6 is 0 Å². The number of carbonyl (C=O) groups excluding carboxylic acids is 1. The minimum atomic E-state index is -0.287. The maximum atomic E-state index is 11.4. The van der Waals surface area contributed by atoms with Gasteiger partial charge in [-0.05, 0) is 13.0 Å². The summed E-state index contributed by atoms with van der Waals surface area (Å²) in [4.78, 5) is 16.2. The molecule has 0 saturated carbocycles. The lowest BCUT2D eigenvalue weighted by Gasteiger charge is -2.16. The number of carbonyl (C=O) groups is 1. The van der Waals surface area contributed by atoms with Crippen LogP contribution in [0.3, 0.4) is 0 Å². The molecule has 1 aromatic heterocycles. The molecule has 0 bridgehead atoms. The van der Waals surface area contributed by atoms with Gasteiger partial charge in [0.25, 0.3) is 0 Å². The first-order valence-electron chi connectivity index (χ1n) is 3.65. The monoisotopic (exact) mass is 169 g/mol. The first-order valence-corrected chi connectivity index (χ1v) is 3.65. The Balaban J connectivity index is 2.70. The molecule has 0 atom stereocenters. The van der Waals surface area contributed by atoms with Crippen molar-refractivity contribution in [3.05, 3.63) is 18.5 Å². The van der Waals surface area contributed by atoms with Gasteiger partial charge in [0.05, 0.1) is 7.11 Å². The van der Waals surface area contributed by atoms with Crippen LogP contribution in [0.15, 0.2) is 18.5 Å². The van der Waals surface area contributed by atoms with Crippen LogP contribution in [0.4, 0.5) is 4.79 Å². The molecule has 1 amide bonds. The van der Waals surface area contributed by atoms with Crippen LogP contribution < -0.4 is 0 Å². The summed E-state index contributed by atoms with van der Waals surface area (Å²) in [6.07, 6.45) is 3.12. The van der Waals surface area contributed by atoms with E-state index in [4.69, 9.17) is 4.84 Å². The summed E-state index contributed by atoms with van der Waals surface area (Å²) in [5, 5.41) is 4.99. The van der Waals surface area contributed by atoms with Crippen LogP contribution in [0.2, 0.25) is 0 Å². The van der Waals surface area contributed by atoms with Gasteiger partial charge in [-0.3, -0.25) is 4.84 Å². The van der Waals surface area contributed by atoms with Crippen LogP contribution in [0.5, 0.6) is 0 Å². The number of aromatic nitrogens is 2. The Morgan fingerprint density at radius 3 is 2.92 bits per heavy atom. The van der Waals surface area contributed by atoms with Gasteiger partial charge >= 0.3 is 6.03 Å². The highest BCUT2D eigenvalue weighted by atomic mass is 16.7. The van der Waals surface area contributed by atoms with Crippen molar-refractivity contribution in [1.29, 1.82) is 0 Å². The van der Waals surface area contributed by atoms with E-state index >= 15 is 0 Å². The average molecular weight is 169 g/mol. The van der Waals surface area contributed by atoms with E-state index in [0.717, 1.165) is 0 Å². The third kappa shape index (κ3) is 1.62. The van der Waals surface area contributed by atoms with E-state index in [1.165, 1.54) is 16.9 Å².